The molecule has 0 fully saturated rings. The van der Waals surface area contributed by atoms with Gasteiger partial charge >= 0.3 is 0 Å². The summed E-state index contributed by atoms with van der Waals surface area (Å²) in [4.78, 5) is 20.1. The Balaban J connectivity index is 1.81. The first-order valence-electron chi connectivity index (χ1n) is 7.20. The Kier molecular flexibility index (Phi) is 4.48. The molecule has 0 spiro atoms. The summed E-state index contributed by atoms with van der Waals surface area (Å²) >= 11 is 0. The molecule has 2 N–H and O–H groups in total. The summed E-state index contributed by atoms with van der Waals surface area (Å²) in [6.45, 7) is 0. The van der Waals surface area contributed by atoms with Crippen LogP contribution in [0.4, 0.5) is 5.69 Å². The third-order valence-corrected chi connectivity index (χ3v) is 4.63. The molecule has 0 atom stereocenters. The number of carbonyl (C=O) groups excluding carboxylic acids is 1. The zero-order valence-electron chi connectivity index (χ0n) is 13.1. The SMILES string of the molecule is CNc1cccc(S(=O)(=O)NC(=O)c2coc(-c3cccnc3)n2)c1. The summed E-state index contributed by atoms with van der Waals surface area (Å²) in [6, 6.07) is 9.49. The van der Waals surface area contributed by atoms with E-state index in [-0.39, 0.29) is 16.5 Å². The molecular weight excluding hydrogens is 344 g/mol. The average molecular weight is 358 g/mol. The van der Waals surface area contributed by atoms with Crippen molar-refractivity contribution in [3.05, 3.63) is 60.7 Å². The highest BCUT2D eigenvalue weighted by molar-refractivity contribution is 7.90. The van der Waals surface area contributed by atoms with E-state index < -0.39 is 15.9 Å². The Morgan fingerprint density at radius 1 is 1.20 bits per heavy atom. The molecule has 0 saturated heterocycles. The summed E-state index contributed by atoms with van der Waals surface area (Å²) < 4.78 is 31.8. The minimum Gasteiger partial charge on any atom is -0.444 e. The second-order valence-electron chi connectivity index (χ2n) is 4.99. The van der Waals surface area contributed by atoms with Crippen molar-refractivity contribution in [3.8, 4) is 11.5 Å². The van der Waals surface area contributed by atoms with E-state index in [9.17, 15) is 13.2 Å². The first kappa shape index (κ1) is 16.7. The third kappa shape index (κ3) is 3.66. The molecule has 0 unspecified atom stereocenters. The number of nitrogens with one attached hydrogen (secondary N) is 2. The molecule has 3 aromatic rings. The number of oxazole rings is 1. The van der Waals surface area contributed by atoms with E-state index in [1.807, 2.05) is 4.72 Å². The number of hydrogen-bond donors (Lipinski definition) is 2. The van der Waals surface area contributed by atoms with Gasteiger partial charge in [-0.3, -0.25) is 9.78 Å². The molecule has 0 bridgehead atoms. The molecule has 0 aliphatic heterocycles. The van der Waals surface area contributed by atoms with Gasteiger partial charge in [0.05, 0.1) is 10.5 Å². The normalized spacial score (nSPS) is 11.1. The fourth-order valence-corrected chi connectivity index (χ4v) is 3.06. The molecular formula is C16H14N4O4S. The summed E-state index contributed by atoms with van der Waals surface area (Å²) in [5, 5.41) is 2.84. The number of benzene rings is 1. The van der Waals surface area contributed by atoms with Crippen LogP contribution in [0, 0.1) is 0 Å². The molecule has 128 valence electrons. The number of anilines is 1. The Morgan fingerprint density at radius 2 is 2.04 bits per heavy atom. The number of carbonyl (C=O) groups is 1. The summed E-state index contributed by atoms with van der Waals surface area (Å²) in [5.74, 6) is -0.707. The Labute approximate surface area is 144 Å². The zero-order valence-corrected chi connectivity index (χ0v) is 13.9. The Bertz CT molecular complexity index is 1000. The largest absolute Gasteiger partial charge is 0.444 e. The molecule has 8 nitrogen and oxygen atoms in total. The summed E-state index contributed by atoms with van der Waals surface area (Å²) in [5.41, 5.74) is 1.04. The molecule has 3 rings (SSSR count). The maximum atomic E-state index is 12.3. The van der Waals surface area contributed by atoms with Crippen LogP contribution in [-0.2, 0) is 10.0 Å². The van der Waals surface area contributed by atoms with Gasteiger partial charge in [0, 0.05) is 25.1 Å². The third-order valence-electron chi connectivity index (χ3n) is 3.31. The highest BCUT2D eigenvalue weighted by Gasteiger charge is 2.21. The highest BCUT2D eigenvalue weighted by Crippen LogP contribution is 2.18. The second-order valence-corrected chi connectivity index (χ2v) is 6.67. The second kappa shape index (κ2) is 6.73. The van der Waals surface area contributed by atoms with Crippen LogP contribution in [0.2, 0.25) is 0 Å². The lowest BCUT2D eigenvalue weighted by Gasteiger charge is -2.07. The van der Waals surface area contributed by atoms with Gasteiger partial charge in [-0.15, -0.1) is 0 Å². The standard InChI is InChI=1S/C16H14N4O4S/c1-17-12-5-2-6-13(8-12)25(22,23)20-15(21)14-10-24-16(19-14)11-4-3-7-18-9-11/h2-10,17H,1H3,(H,20,21). The van der Waals surface area contributed by atoms with Gasteiger partial charge in [-0.05, 0) is 30.3 Å². The van der Waals surface area contributed by atoms with Gasteiger partial charge in [0.25, 0.3) is 15.9 Å². The van der Waals surface area contributed by atoms with E-state index in [0.717, 1.165) is 6.26 Å². The summed E-state index contributed by atoms with van der Waals surface area (Å²) in [6.07, 6.45) is 4.20. The molecule has 2 aromatic heterocycles. The van der Waals surface area contributed by atoms with Gasteiger partial charge in [-0.2, -0.15) is 0 Å². The van der Waals surface area contributed by atoms with E-state index in [1.165, 1.54) is 18.3 Å². The molecule has 1 amide bonds. The average Bonchev–Trinajstić information content (AvgIpc) is 3.12. The van der Waals surface area contributed by atoms with Crippen molar-refractivity contribution in [2.75, 3.05) is 12.4 Å². The number of aromatic nitrogens is 2. The maximum absolute atomic E-state index is 12.3. The van der Waals surface area contributed by atoms with E-state index in [1.54, 1.807) is 37.5 Å². The van der Waals surface area contributed by atoms with E-state index in [2.05, 4.69) is 15.3 Å². The van der Waals surface area contributed by atoms with Gasteiger partial charge in [0.2, 0.25) is 5.89 Å². The predicted octanol–water partition coefficient (Wildman–Crippen LogP) is 1.90. The fourth-order valence-electron chi connectivity index (χ4n) is 2.05. The van der Waals surface area contributed by atoms with Gasteiger partial charge in [0.1, 0.15) is 6.26 Å². The minimum absolute atomic E-state index is 0.0383. The van der Waals surface area contributed by atoms with Crippen LogP contribution >= 0.6 is 0 Å². The lowest BCUT2D eigenvalue weighted by molar-refractivity contribution is 0.0976. The van der Waals surface area contributed by atoms with Crippen molar-refractivity contribution in [1.82, 2.24) is 14.7 Å². The van der Waals surface area contributed by atoms with Gasteiger partial charge in [0.15, 0.2) is 5.69 Å². The topological polar surface area (TPSA) is 114 Å². The minimum atomic E-state index is -4.03. The van der Waals surface area contributed by atoms with Crippen molar-refractivity contribution in [2.24, 2.45) is 0 Å². The van der Waals surface area contributed by atoms with Crippen molar-refractivity contribution < 1.29 is 17.6 Å². The van der Waals surface area contributed by atoms with Crippen LogP contribution in [0.1, 0.15) is 10.5 Å². The molecule has 0 radical (unpaired) electrons. The molecule has 0 aliphatic rings. The Morgan fingerprint density at radius 3 is 2.76 bits per heavy atom. The predicted molar refractivity (Wildman–Crippen MR) is 90.4 cm³/mol. The molecule has 0 saturated carbocycles. The van der Waals surface area contributed by atoms with Crippen LogP contribution in [0.5, 0.6) is 0 Å². The fraction of sp³-hybridized carbons (Fsp3) is 0.0625. The van der Waals surface area contributed by atoms with E-state index in [4.69, 9.17) is 4.42 Å². The molecule has 25 heavy (non-hydrogen) atoms. The van der Waals surface area contributed by atoms with Gasteiger partial charge < -0.3 is 9.73 Å². The Hall–Kier alpha value is -3.20. The number of amides is 1. The number of sulfonamides is 1. The zero-order chi connectivity index (χ0) is 17.9. The molecule has 0 aliphatic carbocycles. The first-order chi connectivity index (χ1) is 12.0. The van der Waals surface area contributed by atoms with Gasteiger partial charge in [-0.25, -0.2) is 18.1 Å². The van der Waals surface area contributed by atoms with Crippen LogP contribution in [0.3, 0.4) is 0 Å². The number of pyridine rings is 1. The van der Waals surface area contributed by atoms with Gasteiger partial charge in [-0.1, -0.05) is 6.07 Å². The number of rotatable bonds is 5. The summed E-state index contributed by atoms with van der Waals surface area (Å²) in [7, 11) is -2.36. The van der Waals surface area contributed by atoms with Crippen LogP contribution < -0.4 is 10.0 Å². The van der Waals surface area contributed by atoms with Crippen molar-refractivity contribution in [3.63, 3.8) is 0 Å². The molecule has 1 aromatic carbocycles. The van der Waals surface area contributed by atoms with E-state index >= 15 is 0 Å². The van der Waals surface area contributed by atoms with Crippen molar-refractivity contribution >= 4 is 21.6 Å². The molecule has 9 heteroatoms. The smallest absolute Gasteiger partial charge is 0.286 e. The van der Waals surface area contributed by atoms with Crippen LogP contribution in [0.15, 0.2) is 64.4 Å². The first-order valence-corrected chi connectivity index (χ1v) is 8.69. The van der Waals surface area contributed by atoms with Crippen LogP contribution in [-0.4, -0.2) is 31.3 Å². The van der Waals surface area contributed by atoms with E-state index in [0.29, 0.717) is 11.3 Å². The number of nitrogens with zero attached hydrogens (tertiary/aromatic N) is 2. The highest BCUT2D eigenvalue weighted by atomic mass is 32.2. The quantitative estimate of drug-likeness (QED) is 0.716. The monoisotopic (exact) mass is 358 g/mol. The maximum Gasteiger partial charge on any atom is 0.286 e. The van der Waals surface area contributed by atoms with Crippen LogP contribution in [0.25, 0.3) is 11.5 Å². The lowest BCUT2D eigenvalue weighted by Crippen LogP contribution is -2.30. The van der Waals surface area contributed by atoms with Crippen molar-refractivity contribution in [2.45, 2.75) is 4.90 Å². The molecule has 2 heterocycles. The van der Waals surface area contributed by atoms with Crippen molar-refractivity contribution in [1.29, 1.82) is 0 Å². The lowest BCUT2D eigenvalue weighted by atomic mass is 10.3. The number of hydrogen-bond acceptors (Lipinski definition) is 7.